The third kappa shape index (κ3) is 3.77. The minimum Gasteiger partial charge on any atom is -0.310 e. The van der Waals surface area contributed by atoms with Gasteiger partial charge in [0, 0.05) is 30.8 Å². The highest BCUT2D eigenvalue weighted by Crippen LogP contribution is 2.39. The summed E-state index contributed by atoms with van der Waals surface area (Å²) in [6.45, 7) is 5.93. The van der Waals surface area contributed by atoms with Crippen LogP contribution < -0.4 is 0 Å². The number of likely N-dealkylation sites (tertiary alicyclic amines) is 1. The second-order valence-electron chi connectivity index (χ2n) is 7.04. The number of piperidine rings is 1. The van der Waals surface area contributed by atoms with E-state index in [4.69, 9.17) is 0 Å². The highest BCUT2D eigenvalue weighted by atomic mass is 15.3. The Morgan fingerprint density at radius 3 is 2.64 bits per heavy atom. The standard InChI is InChI=1S/C19H26N6/c1-2-3-4-11-23-13-8-16(9-14-23)19-22-21-18(25(19)17-6-7-17)15-24-12-5-10-20-24/h5,10,12,16-17H,2,6-9,11,13-15H2,1H3. The molecule has 4 rings (SSSR count). The van der Waals surface area contributed by atoms with Gasteiger partial charge in [-0.1, -0.05) is 12.8 Å². The van der Waals surface area contributed by atoms with Gasteiger partial charge in [0.25, 0.3) is 0 Å². The van der Waals surface area contributed by atoms with Crippen molar-refractivity contribution in [1.82, 2.24) is 29.4 Å². The normalized spacial score (nSPS) is 18.9. The van der Waals surface area contributed by atoms with Gasteiger partial charge in [-0.25, -0.2) is 0 Å². The maximum Gasteiger partial charge on any atom is 0.155 e. The van der Waals surface area contributed by atoms with Crippen LogP contribution >= 0.6 is 0 Å². The van der Waals surface area contributed by atoms with Crippen LogP contribution in [0.1, 0.15) is 62.6 Å². The number of hydrogen-bond donors (Lipinski definition) is 0. The monoisotopic (exact) mass is 338 g/mol. The molecule has 2 fully saturated rings. The fourth-order valence-corrected chi connectivity index (χ4v) is 3.64. The van der Waals surface area contributed by atoms with Crippen LogP contribution in [0.2, 0.25) is 0 Å². The summed E-state index contributed by atoms with van der Waals surface area (Å²) in [6.07, 6.45) is 9.56. The van der Waals surface area contributed by atoms with Gasteiger partial charge in [0.1, 0.15) is 12.4 Å². The van der Waals surface area contributed by atoms with Crippen LogP contribution in [-0.4, -0.2) is 49.1 Å². The predicted octanol–water partition coefficient (Wildman–Crippen LogP) is 2.45. The first-order chi connectivity index (χ1) is 12.3. The average molecular weight is 338 g/mol. The van der Waals surface area contributed by atoms with E-state index in [1.807, 2.05) is 23.1 Å². The van der Waals surface area contributed by atoms with Gasteiger partial charge in [-0.3, -0.25) is 9.58 Å². The Morgan fingerprint density at radius 2 is 1.96 bits per heavy atom. The minimum absolute atomic E-state index is 0.523. The molecular weight excluding hydrogens is 312 g/mol. The lowest BCUT2D eigenvalue weighted by atomic mass is 9.96. The van der Waals surface area contributed by atoms with E-state index >= 15 is 0 Å². The highest BCUT2D eigenvalue weighted by Gasteiger charge is 2.33. The van der Waals surface area contributed by atoms with Gasteiger partial charge < -0.3 is 4.57 Å². The SMILES string of the molecule is CCC#CCN1CCC(c2nnc(Cn3cccn3)n2C2CC2)CC1. The maximum atomic E-state index is 4.61. The highest BCUT2D eigenvalue weighted by molar-refractivity contribution is 5.10. The van der Waals surface area contributed by atoms with Crippen LogP contribution in [0.5, 0.6) is 0 Å². The van der Waals surface area contributed by atoms with E-state index in [0.717, 1.165) is 44.7 Å². The van der Waals surface area contributed by atoms with E-state index in [-0.39, 0.29) is 0 Å². The van der Waals surface area contributed by atoms with E-state index < -0.39 is 0 Å². The summed E-state index contributed by atoms with van der Waals surface area (Å²) < 4.78 is 4.35. The molecule has 0 bridgehead atoms. The number of nitrogens with zero attached hydrogens (tertiary/aromatic N) is 6. The van der Waals surface area contributed by atoms with E-state index in [9.17, 15) is 0 Å². The van der Waals surface area contributed by atoms with Gasteiger partial charge in [-0.05, 0) is 44.8 Å². The molecule has 0 atom stereocenters. The molecule has 2 aromatic heterocycles. The lowest BCUT2D eigenvalue weighted by molar-refractivity contribution is 0.229. The fraction of sp³-hybridized carbons (Fsp3) is 0.632. The van der Waals surface area contributed by atoms with Crippen LogP contribution in [0.25, 0.3) is 0 Å². The van der Waals surface area contributed by atoms with Crippen LogP contribution in [0, 0.1) is 11.8 Å². The van der Waals surface area contributed by atoms with Crippen molar-refractivity contribution < 1.29 is 0 Å². The first kappa shape index (κ1) is 16.3. The van der Waals surface area contributed by atoms with Crippen molar-refractivity contribution >= 4 is 0 Å². The molecule has 132 valence electrons. The molecule has 0 N–H and O–H groups in total. The zero-order chi connectivity index (χ0) is 17.1. The molecule has 6 heteroatoms. The molecule has 25 heavy (non-hydrogen) atoms. The van der Waals surface area contributed by atoms with E-state index in [1.165, 1.54) is 18.7 Å². The van der Waals surface area contributed by atoms with Gasteiger partial charge in [0.2, 0.25) is 0 Å². The summed E-state index contributed by atoms with van der Waals surface area (Å²) in [5.74, 6) is 9.20. The molecule has 3 heterocycles. The molecule has 1 aliphatic heterocycles. The summed E-state index contributed by atoms with van der Waals surface area (Å²) in [7, 11) is 0. The summed E-state index contributed by atoms with van der Waals surface area (Å²) in [6, 6.07) is 2.56. The van der Waals surface area contributed by atoms with Gasteiger partial charge in [-0.15, -0.1) is 16.1 Å². The molecule has 0 amide bonds. The van der Waals surface area contributed by atoms with Crippen molar-refractivity contribution in [3.8, 4) is 11.8 Å². The molecule has 1 saturated heterocycles. The molecule has 0 unspecified atom stereocenters. The molecule has 2 aromatic rings. The summed E-state index contributed by atoms with van der Waals surface area (Å²) >= 11 is 0. The Balaban J connectivity index is 1.45. The Hall–Kier alpha value is -2.13. The van der Waals surface area contributed by atoms with Crippen molar-refractivity contribution in [3.63, 3.8) is 0 Å². The van der Waals surface area contributed by atoms with Gasteiger partial charge in [0.15, 0.2) is 5.82 Å². The van der Waals surface area contributed by atoms with Crippen molar-refractivity contribution in [2.75, 3.05) is 19.6 Å². The lowest BCUT2D eigenvalue weighted by Crippen LogP contribution is -2.34. The number of rotatable bonds is 5. The summed E-state index contributed by atoms with van der Waals surface area (Å²) in [5.41, 5.74) is 0. The zero-order valence-electron chi connectivity index (χ0n) is 14.9. The third-order valence-electron chi connectivity index (χ3n) is 5.12. The van der Waals surface area contributed by atoms with E-state index in [0.29, 0.717) is 18.5 Å². The smallest absolute Gasteiger partial charge is 0.155 e. The summed E-state index contributed by atoms with van der Waals surface area (Å²) in [5, 5.41) is 13.4. The zero-order valence-corrected chi connectivity index (χ0v) is 14.9. The van der Waals surface area contributed by atoms with Gasteiger partial charge >= 0.3 is 0 Å². The second kappa shape index (κ2) is 7.40. The quantitative estimate of drug-likeness (QED) is 0.786. The van der Waals surface area contributed by atoms with Crippen molar-refractivity contribution in [2.24, 2.45) is 0 Å². The minimum atomic E-state index is 0.523. The molecule has 1 saturated carbocycles. The fourth-order valence-electron chi connectivity index (χ4n) is 3.64. The Labute approximate surface area is 149 Å². The second-order valence-corrected chi connectivity index (χ2v) is 7.04. The van der Waals surface area contributed by atoms with Crippen LogP contribution in [0.3, 0.4) is 0 Å². The Morgan fingerprint density at radius 1 is 1.12 bits per heavy atom. The van der Waals surface area contributed by atoms with Crippen molar-refractivity contribution in [2.45, 2.75) is 57.5 Å². The molecule has 0 radical (unpaired) electrons. The van der Waals surface area contributed by atoms with E-state index in [2.05, 4.69) is 43.5 Å². The predicted molar refractivity (Wildman–Crippen MR) is 96.1 cm³/mol. The Kier molecular flexibility index (Phi) is 4.84. The molecule has 0 spiro atoms. The lowest BCUT2D eigenvalue weighted by Gasteiger charge is -2.30. The third-order valence-corrected chi connectivity index (χ3v) is 5.12. The topological polar surface area (TPSA) is 51.8 Å². The molecular formula is C19H26N6. The first-order valence-corrected chi connectivity index (χ1v) is 9.44. The molecule has 1 aliphatic carbocycles. The van der Waals surface area contributed by atoms with Gasteiger partial charge in [0.05, 0.1) is 6.54 Å². The molecule has 0 aromatic carbocycles. The summed E-state index contributed by atoms with van der Waals surface area (Å²) in [4.78, 5) is 2.46. The van der Waals surface area contributed by atoms with Crippen LogP contribution in [0.15, 0.2) is 18.5 Å². The maximum absolute atomic E-state index is 4.61. The largest absolute Gasteiger partial charge is 0.310 e. The van der Waals surface area contributed by atoms with Gasteiger partial charge in [-0.2, -0.15) is 5.10 Å². The van der Waals surface area contributed by atoms with E-state index in [1.54, 1.807) is 0 Å². The first-order valence-electron chi connectivity index (χ1n) is 9.44. The van der Waals surface area contributed by atoms with Crippen LogP contribution in [-0.2, 0) is 6.54 Å². The molecule has 2 aliphatic rings. The number of hydrogen-bond acceptors (Lipinski definition) is 4. The van der Waals surface area contributed by atoms with Crippen molar-refractivity contribution in [3.05, 3.63) is 30.1 Å². The number of aromatic nitrogens is 5. The van der Waals surface area contributed by atoms with Crippen LogP contribution in [0.4, 0.5) is 0 Å². The average Bonchev–Trinajstić information content (AvgIpc) is 3.18. The molecule has 6 nitrogen and oxygen atoms in total. The van der Waals surface area contributed by atoms with Crippen molar-refractivity contribution in [1.29, 1.82) is 0 Å². The Bertz CT molecular complexity index is 739.